The first-order chi connectivity index (χ1) is 10.4. The molecule has 1 aromatic carbocycles. The zero-order valence-corrected chi connectivity index (χ0v) is 13.8. The summed E-state index contributed by atoms with van der Waals surface area (Å²) < 4.78 is 25.8. The molecule has 2 N–H and O–H groups in total. The first kappa shape index (κ1) is 16.8. The molecule has 1 aromatic rings. The van der Waals surface area contributed by atoms with Gasteiger partial charge in [0.1, 0.15) is 0 Å². The monoisotopic (exact) mass is 325 g/mol. The number of nitrogens with one attached hydrogen (secondary N) is 2. The van der Waals surface area contributed by atoms with E-state index in [1.165, 1.54) is 13.1 Å². The fourth-order valence-electron chi connectivity index (χ4n) is 2.44. The third-order valence-corrected chi connectivity index (χ3v) is 5.40. The molecule has 0 spiro atoms. The Bertz CT molecular complexity index is 623. The van der Waals surface area contributed by atoms with E-state index >= 15 is 0 Å². The molecule has 0 unspecified atom stereocenters. The zero-order chi connectivity index (χ0) is 16.2. The largest absolute Gasteiger partial charge is 0.334 e. The number of hydrogen-bond acceptors (Lipinski definition) is 3. The number of hydrogen-bond donors (Lipinski definition) is 2. The fourth-order valence-corrected chi connectivity index (χ4v) is 3.24. The normalized spacial score (nSPS) is 16.5. The molecule has 0 atom stereocenters. The molecule has 2 amide bonds. The number of sulfonamides is 1. The van der Waals surface area contributed by atoms with Crippen LogP contribution in [-0.4, -0.2) is 39.5 Å². The third kappa shape index (κ3) is 4.20. The zero-order valence-electron chi connectivity index (χ0n) is 13.0. The number of carbonyl (C=O) groups excluding carboxylic acids is 1. The number of rotatable bonds is 4. The van der Waals surface area contributed by atoms with Crippen LogP contribution in [-0.2, 0) is 16.6 Å². The van der Waals surface area contributed by atoms with Gasteiger partial charge in [0.15, 0.2) is 0 Å². The fraction of sp³-hybridized carbons (Fsp3) is 0.533. The van der Waals surface area contributed by atoms with Crippen molar-refractivity contribution in [3.63, 3.8) is 0 Å². The molecule has 0 aromatic heterocycles. The molecule has 0 radical (unpaired) electrons. The van der Waals surface area contributed by atoms with Crippen LogP contribution in [0.1, 0.15) is 25.3 Å². The Morgan fingerprint density at radius 2 is 2.00 bits per heavy atom. The molecule has 6 nitrogen and oxygen atoms in total. The maximum Gasteiger partial charge on any atom is 0.317 e. The molecule has 0 aliphatic carbocycles. The highest BCUT2D eigenvalue weighted by molar-refractivity contribution is 7.89. The summed E-state index contributed by atoms with van der Waals surface area (Å²) in [5, 5.41) is 2.85. The van der Waals surface area contributed by atoms with E-state index in [-0.39, 0.29) is 10.9 Å². The quantitative estimate of drug-likeness (QED) is 0.881. The molecule has 122 valence electrons. The maximum atomic E-state index is 12.1. The van der Waals surface area contributed by atoms with Gasteiger partial charge < -0.3 is 10.2 Å². The van der Waals surface area contributed by atoms with E-state index in [2.05, 4.69) is 17.0 Å². The van der Waals surface area contributed by atoms with Crippen molar-refractivity contribution >= 4 is 16.1 Å². The van der Waals surface area contributed by atoms with Crippen LogP contribution in [0, 0.1) is 5.92 Å². The second-order valence-corrected chi connectivity index (χ2v) is 7.57. The molecule has 1 aliphatic rings. The minimum absolute atomic E-state index is 0.0891. The van der Waals surface area contributed by atoms with Crippen LogP contribution in [0.3, 0.4) is 0 Å². The Morgan fingerprint density at radius 3 is 2.64 bits per heavy atom. The van der Waals surface area contributed by atoms with E-state index in [0.29, 0.717) is 12.5 Å². The summed E-state index contributed by atoms with van der Waals surface area (Å²) in [6, 6.07) is 6.49. The van der Waals surface area contributed by atoms with Crippen molar-refractivity contribution in [1.29, 1.82) is 0 Å². The number of amides is 2. The van der Waals surface area contributed by atoms with Crippen molar-refractivity contribution in [3.05, 3.63) is 29.8 Å². The summed E-state index contributed by atoms with van der Waals surface area (Å²) in [5.41, 5.74) is 0.759. The van der Waals surface area contributed by atoms with Crippen molar-refractivity contribution in [2.45, 2.75) is 31.2 Å². The molecule has 1 fully saturated rings. The molecule has 1 saturated heterocycles. The van der Waals surface area contributed by atoms with Crippen molar-refractivity contribution in [3.8, 4) is 0 Å². The van der Waals surface area contributed by atoms with Crippen molar-refractivity contribution < 1.29 is 13.2 Å². The smallest absolute Gasteiger partial charge is 0.317 e. The Hall–Kier alpha value is -1.60. The lowest BCUT2D eigenvalue weighted by Gasteiger charge is -2.30. The lowest BCUT2D eigenvalue weighted by atomic mass is 10.00. The van der Waals surface area contributed by atoms with E-state index in [0.717, 1.165) is 31.5 Å². The molecular formula is C15H23N3O3S. The highest BCUT2D eigenvalue weighted by Gasteiger charge is 2.20. The summed E-state index contributed by atoms with van der Waals surface area (Å²) in [7, 11) is -2.08. The predicted molar refractivity (Wildman–Crippen MR) is 84.9 cm³/mol. The van der Waals surface area contributed by atoms with Gasteiger partial charge in [0.05, 0.1) is 4.90 Å². The minimum Gasteiger partial charge on any atom is -0.334 e. The van der Waals surface area contributed by atoms with Gasteiger partial charge in [0.2, 0.25) is 10.0 Å². The van der Waals surface area contributed by atoms with Crippen LogP contribution in [0.5, 0.6) is 0 Å². The summed E-state index contributed by atoms with van der Waals surface area (Å²) in [6.07, 6.45) is 2.06. The van der Waals surface area contributed by atoms with Gasteiger partial charge in [-0.3, -0.25) is 0 Å². The van der Waals surface area contributed by atoms with Gasteiger partial charge in [-0.2, -0.15) is 0 Å². The van der Waals surface area contributed by atoms with E-state index in [1.807, 2.05) is 4.90 Å². The second-order valence-electron chi connectivity index (χ2n) is 5.68. The minimum atomic E-state index is -3.46. The lowest BCUT2D eigenvalue weighted by molar-refractivity contribution is 0.173. The molecule has 1 aliphatic heterocycles. The molecule has 2 rings (SSSR count). The number of nitrogens with zero attached hydrogens (tertiary/aromatic N) is 1. The van der Waals surface area contributed by atoms with E-state index in [4.69, 9.17) is 0 Å². The average Bonchev–Trinajstić information content (AvgIpc) is 2.53. The van der Waals surface area contributed by atoms with Crippen LogP contribution >= 0.6 is 0 Å². The Balaban J connectivity index is 1.94. The van der Waals surface area contributed by atoms with Crippen molar-refractivity contribution in [2.24, 2.45) is 5.92 Å². The topological polar surface area (TPSA) is 78.5 Å². The Morgan fingerprint density at radius 1 is 1.32 bits per heavy atom. The van der Waals surface area contributed by atoms with Gasteiger partial charge in [-0.05, 0) is 43.5 Å². The van der Waals surface area contributed by atoms with E-state index in [1.54, 1.807) is 18.2 Å². The molecule has 0 saturated carbocycles. The van der Waals surface area contributed by atoms with E-state index < -0.39 is 10.0 Å². The third-order valence-electron chi connectivity index (χ3n) is 3.99. The summed E-state index contributed by atoms with van der Waals surface area (Å²) in [4.78, 5) is 14.1. The van der Waals surface area contributed by atoms with Crippen LogP contribution in [0.15, 0.2) is 29.2 Å². The summed E-state index contributed by atoms with van der Waals surface area (Å²) in [5.74, 6) is 0.674. The number of piperidine rings is 1. The van der Waals surface area contributed by atoms with Crippen molar-refractivity contribution in [2.75, 3.05) is 20.1 Å². The number of likely N-dealkylation sites (tertiary alicyclic amines) is 1. The van der Waals surface area contributed by atoms with Crippen LogP contribution < -0.4 is 10.0 Å². The van der Waals surface area contributed by atoms with Crippen LogP contribution in [0.2, 0.25) is 0 Å². The number of carbonyl (C=O) groups is 1. The first-order valence-corrected chi connectivity index (χ1v) is 8.96. The van der Waals surface area contributed by atoms with Gasteiger partial charge in [-0.25, -0.2) is 17.9 Å². The number of benzene rings is 1. The maximum absolute atomic E-state index is 12.1. The molecular weight excluding hydrogens is 302 g/mol. The average molecular weight is 325 g/mol. The summed E-state index contributed by atoms with van der Waals surface area (Å²) in [6.45, 7) is 4.07. The molecule has 7 heteroatoms. The van der Waals surface area contributed by atoms with Crippen LogP contribution in [0.4, 0.5) is 4.79 Å². The molecule has 0 bridgehead atoms. The standard InChI is InChI=1S/C15H23N3O3S/c1-12-6-8-18(9-7-12)15(19)17-11-13-4-3-5-14(10-13)22(20,21)16-2/h3-5,10,12,16H,6-9,11H2,1-2H3,(H,17,19). The molecule has 22 heavy (non-hydrogen) atoms. The second kappa shape index (κ2) is 7.11. The van der Waals surface area contributed by atoms with Gasteiger partial charge in [-0.15, -0.1) is 0 Å². The summed E-state index contributed by atoms with van der Waals surface area (Å²) >= 11 is 0. The van der Waals surface area contributed by atoms with Crippen LogP contribution in [0.25, 0.3) is 0 Å². The highest BCUT2D eigenvalue weighted by atomic mass is 32.2. The molecule has 1 heterocycles. The van der Waals surface area contributed by atoms with Gasteiger partial charge in [0, 0.05) is 19.6 Å². The van der Waals surface area contributed by atoms with E-state index in [9.17, 15) is 13.2 Å². The van der Waals surface area contributed by atoms with Gasteiger partial charge in [0.25, 0.3) is 0 Å². The van der Waals surface area contributed by atoms with Gasteiger partial charge in [-0.1, -0.05) is 19.1 Å². The van der Waals surface area contributed by atoms with Gasteiger partial charge >= 0.3 is 6.03 Å². The Labute approximate surface area is 131 Å². The lowest BCUT2D eigenvalue weighted by Crippen LogP contribution is -2.43. The predicted octanol–water partition coefficient (Wildman–Crippen LogP) is 1.54. The SMILES string of the molecule is CNS(=O)(=O)c1cccc(CNC(=O)N2CCC(C)CC2)c1. The van der Waals surface area contributed by atoms with Crippen molar-refractivity contribution in [1.82, 2.24) is 14.9 Å². The highest BCUT2D eigenvalue weighted by Crippen LogP contribution is 2.16. The first-order valence-electron chi connectivity index (χ1n) is 7.47. The Kier molecular flexibility index (Phi) is 5.42. The number of urea groups is 1.